The number of carbonyl (C=O) groups is 3. The lowest BCUT2D eigenvalue weighted by molar-refractivity contribution is -0.384. The number of nitrogens with zero attached hydrogens (tertiary/aromatic N) is 2. The maximum Gasteiger partial charge on any atom is 0.303 e. The van der Waals surface area contributed by atoms with Crippen LogP contribution in [-0.4, -0.2) is 51.3 Å². The van der Waals surface area contributed by atoms with Gasteiger partial charge in [-0.2, -0.15) is 0 Å². The van der Waals surface area contributed by atoms with Crippen molar-refractivity contribution in [3.8, 4) is 0 Å². The number of nitro benzene ring substituents is 1. The molecule has 2 N–H and O–H groups in total. The van der Waals surface area contributed by atoms with Gasteiger partial charge in [-0.25, -0.2) is 0 Å². The Labute approximate surface area is 156 Å². The van der Waals surface area contributed by atoms with Gasteiger partial charge in [-0.05, 0) is 38.7 Å². The molecular weight excluding hydrogens is 354 g/mol. The minimum absolute atomic E-state index is 0.0110. The molecule has 1 fully saturated rings. The van der Waals surface area contributed by atoms with E-state index in [2.05, 4.69) is 5.32 Å². The molecule has 0 bridgehead atoms. The molecule has 1 saturated heterocycles. The molecule has 0 aromatic heterocycles. The van der Waals surface area contributed by atoms with Gasteiger partial charge in [-0.1, -0.05) is 6.07 Å². The van der Waals surface area contributed by atoms with Crippen molar-refractivity contribution in [2.24, 2.45) is 0 Å². The van der Waals surface area contributed by atoms with Gasteiger partial charge in [0.15, 0.2) is 0 Å². The van der Waals surface area contributed by atoms with E-state index in [1.807, 2.05) is 0 Å². The highest BCUT2D eigenvalue weighted by Crippen LogP contribution is 2.22. The zero-order chi connectivity index (χ0) is 20.0. The molecular formula is C18H23N3O6. The number of aliphatic carboxylic acids is 1. The van der Waals surface area contributed by atoms with Gasteiger partial charge < -0.3 is 15.3 Å². The van der Waals surface area contributed by atoms with Gasteiger partial charge in [0, 0.05) is 36.7 Å². The van der Waals surface area contributed by atoms with Crippen molar-refractivity contribution in [3.05, 3.63) is 39.9 Å². The van der Waals surface area contributed by atoms with Crippen molar-refractivity contribution in [2.45, 2.75) is 51.1 Å². The summed E-state index contributed by atoms with van der Waals surface area (Å²) in [7, 11) is 0. The minimum Gasteiger partial charge on any atom is -0.481 e. The Morgan fingerprint density at radius 1 is 1.37 bits per heavy atom. The van der Waals surface area contributed by atoms with E-state index in [-0.39, 0.29) is 29.6 Å². The van der Waals surface area contributed by atoms with Gasteiger partial charge in [-0.3, -0.25) is 24.5 Å². The number of carbonyl (C=O) groups excluding carboxylic acids is 2. The smallest absolute Gasteiger partial charge is 0.303 e. The Bertz CT molecular complexity index is 736. The summed E-state index contributed by atoms with van der Waals surface area (Å²) in [4.78, 5) is 47.8. The van der Waals surface area contributed by atoms with Crippen LogP contribution in [0.2, 0.25) is 0 Å². The number of non-ortho nitro benzene ring substituents is 1. The highest BCUT2D eigenvalue weighted by Gasteiger charge is 2.30. The molecule has 2 amide bonds. The van der Waals surface area contributed by atoms with E-state index < -0.39 is 22.8 Å². The average molecular weight is 377 g/mol. The number of nitro groups is 1. The minimum atomic E-state index is -0.903. The lowest BCUT2D eigenvalue weighted by atomic mass is 9.97. The summed E-state index contributed by atoms with van der Waals surface area (Å²) in [5.74, 6) is -1.75. The van der Waals surface area contributed by atoms with Gasteiger partial charge >= 0.3 is 5.97 Å². The van der Waals surface area contributed by atoms with Gasteiger partial charge in [0.1, 0.15) is 6.04 Å². The summed E-state index contributed by atoms with van der Waals surface area (Å²) < 4.78 is 0. The van der Waals surface area contributed by atoms with E-state index >= 15 is 0 Å². The first-order valence-electron chi connectivity index (χ1n) is 8.87. The van der Waals surface area contributed by atoms with Crippen LogP contribution in [0.15, 0.2) is 24.3 Å². The third kappa shape index (κ3) is 5.50. The van der Waals surface area contributed by atoms with Crippen LogP contribution in [0.4, 0.5) is 5.69 Å². The molecule has 9 nitrogen and oxygen atoms in total. The van der Waals surface area contributed by atoms with Crippen LogP contribution in [0.3, 0.4) is 0 Å². The summed E-state index contributed by atoms with van der Waals surface area (Å²) >= 11 is 0. The number of carboxylic acids is 1. The van der Waals surface area contributed by atoms with Crippen molar-refractivity contribution in [1.29, 1.82) is 0 Å². The summed E-state index contributed by atoms with van der Waals surface area (Å²) in [5.41, 5.74) is -0.101. The predicted molar refractivity (Wildman–Crippen MR) is 96.2 cm³/mol. The standard InChI is InChI=1S/C18H23N3O6/c1-12(19-17(24)13-5-4-7-15(11-13)21(26)27)18(25)20-10-3-2-6-14(20)8-9-16(22)23/h4-5,7,11-12,14H,2-3,6,8-10H2,1H3,(H,19,24)(H,22,23). The monoisotopic (exact) mass is 377 g/mol. The Kier molecular flexibility index (Phi) is 6.86. The highest BCUT2D eigenvalue weighted by atomic mass is 16.6. The van der Waals surface area contributed by atoms with Crippen LogP contribution < -0.4 is 5.32 Å². The number of likely N-dealkylation sites (tertiary alicyclic amines) is 1. The van der Waals surface area contributed by atoms with E-state index in [1.54, 1.807) is 11.8 Å². The van der Waals surface area contributed by atoms with Crippen LogP contribution in [0.5, 0.6) is 0 Å². The molecule has 1 aromatic carbocycles. The zero-order valence-corrected chi connectivity index (χ0v) is 15.1. The van der Waals surface area contributed by atoms with Gasteiger partial charge in [0.05, 0.1) is 4.92 Å². The fraction of sp³-hybridized carbons (Fsp3) is 0.500. The molecule has 146 valence electrons. The van der Waals surface area contributed by atoms with E-state index in [4.69, 9.17) is 5.11 Å². The van der Waals surface area contributed by atoms with E-state index in [1.165, 1.54) is 18.2 Å². The molecule has 1 aromatic rings. The molecule has 1 aliphatic rings. The maximum atomic E-state index is 12.8. The SMILES string of the molecule is CC(NC(=O)c1cccc([N+](=O)[O-])c1)C(=O)N1CCCCC1CCC(=O)O. The third-order valence-electron chi connectivity index (χ3n) is 4.64. The summed E-state index contributed by atoms with van der Waals surface area (Å²) in [5, 5.41) is 22.3. The van der Waals surface area contributed by atoms with E-state index in [9.17, 15) is 24.5 Å². The molecule has 9 heteroatoms. The van der Waals surface area contributed by atoms with Crippen molar-refractivity contribution in [3.63, 3.8) is 0 Å². The number of rotatable bonds is 7. The third-order valence-corrected chi connectivity index (χ3v) is 4.64. The Hall–Kier alpha value is -2.97. The summed E-state index contributed by atoms with van der Waals surface area (Å²) in [6.45, 7) is 2.08. The number of amides is 2. The maximum absolute atomic E-state index is 12.8. The molecule has 27 heavy (non-hydrogen) atoms. The van der Waals surface area contributed by atoms with E-state index in [0.29, 0.717) is 13.0 Å². The molecule has 0 saturated carbocycles. The molecule has 2 rings (SSSR count). The zero-order valence-electron chi connectivity index (χ0n) is 15.1. The number of hydrogen-bond donors (Lipinski definition) is 2. The second-order valence-corrected chi connectivity index (χ2v) is 6.62. The molecule has 1 aliphatic heterocycles. The second kappa shape index (κ2) is 9.11. The number of nitrogens with one attached hydrogen (secondary N) is 1. The van der Waals surface area contributed by atoms with Crippen molar-refractivity contribution in [2.75, 3.05) is 6.54 Å². The Morgan fingerprint density at radius 3 is 2.78 bits per heavy atom. The predicted octanol–water partition coefficient (Wildman–Crippen LogP) is 1.96. The summed E-state index contributed by atoms with van der Waals surface area (Å²) in [6, 6.07) is 4.32. The van der Waals surface area contributed by atoms with Crippen molar-refractivity contribution >= 4 is 23.5 Å². The first kappa shape index (κ1) is 20.3. The normalized spacial score (nSPS) is 17.8. The van der Waals surface area contributed by atoms with Crippen LogP contribution >= 0.6 is 0 Å². The van der Waals surface area contributed by atoms with Gasteiger partial charge in [0.2, 0.25) is 5.91 Å². The van der Waals surface area contributed by atoms with Gasteiger partial charge in [0.25, 0.3) is 11.6 Å². The van der Waals surface area contributed by atoms with Crippen LogP contribution in [0.1, 0.15) is 49.4 Å². The van der Waals surface area contributed by atoms with E-state index in [0.717, 1.165) is 25.3 Å². The molecule has 1 heterocycles. The number of hydrogen-bond acceptors (Lipinski definition) is 5. The fourth-order valence-electron chi connectivity index (χ4n) is 3.23. The molecule has 0 aliphatic carbocycles. The number of carboxylic acid groups (broad SMARTS) is 1. The average Bonchev–Trinajstić information content (AvgIpc) is 2.65. The molecule has 2 atom stereocenters. The topological polar surface area (TPSA) is 130 Å². The highest BCUT2D eigenvalue weighted by molar-refractivity contribution is 5.97. The first-order valence-corrected chi connectivity index (χ1v) is 8.87. The first-order chi connectivity index (χ1) is 12.8. The summed E-state index contributed by atoms with van der Waals surface area (Å²) in [6.07, 6.45) is 2.88. The lowest BCUT2D eigenvalue weighted by Crippen LogP contribution is -2.52. The van der Waals surface area contributed by atoms with Crippen molar-refractivity contribution < 1.29 is 24.4 Å². The molecule has 0 radical (unpaired) electrons. The Balaban J connectivity index is 2.02. The van der Waals surface area contributed by atoms with Gasteiger partial charge in [-0.15, -0.1) is 0 Å². The second-order valence-electron chi connectivity index (χ2n) is 6.62. The van der Waals surface area contributed by atoms with Crippen LogP contribution in [0.25, 0.3) is 0 Å². The number of benzene rings is 1. The van der Waals surface area contributed by atoms with Crippen molar-refractivity contribution in [1.82, 2.24) is 10.2 Å². The fourth-order valence-corrected chi connectivity index (χ4v) is 3.23. The largest absolute Gasteiger partial charge is 0.481 e. The lowest BCUT2D eigenvalue weighted by Gasteiger charge is -2.37. The Morgan fingerprint density at radius 2 is 2.11 bits per heavy atom. The molecule has 2 unspecified atom stereocenters. The molecule has 0 spiro atoms. The van der Waals surface area contributed by atoms with Crippen LogP contribution in [-0.2, 0) is 9.59 Å². The van der Waals surface area contributed by atoms with Crippen LogP contribution in [0, 0.1) is 10.1 Å². The quantitative estimate of drug-likeness (QED) is 0.552. The number of piperidine rings is 1.